The van der Waals surface area contributed by atoms with E-state index in [0.717, 1.165) is 5.69 Å². The number of anilines is 2. The Morgan fingerprint density at radius 3 is 2.75 bits per heavy atom. The highest BCUT2D eigenvalue weighted by Crippen LogP contribution is 2.21. The SMILES string of the molecule is COCCNC(=O)CN(C)C(=O)c1csc(Nc2ccccc2)n1. The van der Waals surface area contributed by atoms with Crippen molar-refractivity contribution in [2.24, 2.45) is 0 Å². The summed E-state index contributed by atoms with van der Waals surface area (Å²) in [5, 5.41) is 8.11. The topological polar surface area (TPSA) is 83.6 Å². The molecule has 0 saturated carbocycles. The summed E-state index contributed by atoms with van der Waals surface area (Å²) in [6.07, 6.45) is 0. The van der Waals surface area contributed by atoms with Crippen molar-refractivity contribution in [2.75, 3.05) is 39.2 Å². The van der Waals surface area contributed by atoms with E-state index < -0.39 is 0 Å². The van der Waals surface area contributed by atoms with Crippen molar-refractivity contribution >= 4 is 34.0 Å². The number of benzene rings is 1. The molecule has 0 bridgehead atoms. The summed E-state index contributed by atoms with van der Waals surface area (Å²) in [7, 11) is 3.13. The van der Waals surface area contributed by atoms with Crippen LogP contribution in [0, 0.1) is 0 Å². The van der Waals surface area contributed by atoms with Crippen LogP contribution in [0.2, 0.25) is 0 Å². The Labute approximate surface area is 144 Å². The van der Waals surface area contributed by atoms with Crippen molar-refractivity contribution in [3.05, 3.63) is 41.4 Å². The molecular formula is C16H20N4O3S. The first-order valence-corrected chi connectivity index (χ1v) is 8.27. The third-order valence-electron chi connectivity index (χ3n) is 3.10. The number of ether oxygens (including phenoxy) is 1. The molecule has 0 spiro atoms. The number of rotatable bonds is 8. The van der Waals surface area contributed by atoms with Crippen molar-refractivity contribution in [1.29, 1.82) is 0 Å². The fraction of sp³-hybridized carbons (Fsp3) is 0.312. The van der Waals surface area contributed by atoms with Gasteiger partial charge in [-0.3, -0.25) is 9.59 Å². The smallest absolute Gasteiger partial charge is 0.273 e. The van der Waals surface area contributed by atoms with Crippen LogP contribution in [0.5, 0.6) is 0 Å². The van der Waals surface area contributed by atoms with Crippen LogP contribution in [-0.4, -0.2) is 55.6 Å². The zero-order valence-corrected chi connectivity index (χ0v) is 14.4. The Balaban J connectivity index is 1.89. The summed E-state index contributed by atoms with van der Waals surface area (Å²) in [6.45, 7) is 0.824. The molecule has 2 amide bonds. The summed E-state index contributed by atoms with van der Waals surface area (Å²) in [5.74, 6) is -0.532. The van der Waals surface area contributed by atoms with Gasteiger partial charge in [0, 0.05) is 31.8 Å². The Bertz CT molecular complexity index is 675. The average Bonchev–Trinajstić information content (AvgIpc) is 3.03. The number of para-hydroxylation sites is 1. The number of carbonyl (C=O) groups excluding carboxylic acids is 2. The molecule has 0 radical (unpaired) electrons. The van der Waals surface area contributed by atoms with Crippen LogP contribution in [0.3, 0.4) is 0 Å². The lowest BCUT2D eigenvalue weighted by Crippen LogP contribution is -2.39. The second-order valence-electron chi connectivity index (χ2n) is 5.03. The fourth-order valence-corrected chi connectivity index (χ4v) is 2.61. The molecule has 0 aliphatic heterocycles. The minimum absolute atomic E-state index is 0.0263. The normalized spacial score (nSPS) is 10.2. The number of amides is 2. The molecule has 24 heavy (non-hydrogen) atoms. The summed E-state index contributed by atoms with van der Waals surface area (Å²) in [5.41, 5.74) is 1.21. The van der Waals surface area contributed by atoms with Crippen LogP contribution in [-0.2, 0) is 9.53 Å². The lowest BCUT2D eigenvalue weighted by molar-refractivity contribution is -0.121. The molecule has 7 nitrogen and oxygen atoms in total. The zero-order valence-electron chi connectivity index (χ0n) is 13.6. The van der Waals surface area contributed by atoms with E-state index in [1.807, 2.05) is 30.3 Å². The summed E-state index contributed by atoms with van der Waals surface area (Å²) in [6, 6.07) is 9.59. The second-order valence-corrected chi connectivity index (χ2v) is 5.89. The fourth-order valence-electron chi connectivity index (χ4n) is 1.91. The first-order valence-electron chi connectivity index (χ1n) is 7.39. The van der Waals surface area contributed by atoms with Crippen LogP contribution >= 0.6 is 11.3 Å². The Kier molecular flexibility index (Phi) is 6.71. The van der Waals surface area contributed by atoms with Gasteiger partial charge in [0.25, 0.3) is 5.91 Å². The predicted octanol–water partition coefficient (Wildman–Crippen LogP) is 1.72. The molecule has 0 saturated heterocycles. The number of hydrogen-bond acceptors (Lipinski definition) is 6. The average molecular weight is 348 g/mol. The van der Waals surface area contributed by atoms with Crippen molar-refractivity contribution in [1.82, 2.24) is 15.2 Å². The van der Waals surface area contributed by atoms with Gasteiger partial charge in [-0.05, 0) is 12.1 Å². The maximum atomic E-state index is 12.3. The third kappa shape index (κ3) is 5.32. The molecule has 2 N–H and O–H groups in total. The molecule has 1 aromatic carbocycles. The first kappa shape index (κ1) is 17.9. The highest BCUT2D eigenvalue weighted by molar-refractivity contribution is 7.14. The monoisotopic (exact) mass is 348 g/mol. The number of likely N-dealkylation sites (N-methyl/N-ethyl adjacent to an activating group) is 1. The number of hydrogen-bond donors (Lipinski definition) is 2. The van der Waals surface area contributed by atoms with E-state index >= 15 is 0 Å². The lowest BCUT2D eigenvalue weighted by Gasteiger charge is -2.15. The molecule has 128 valence electrons. The number of methoxy groups -OCH3 is 1. The molecule has 1 aromatic heterocycles. The van der Waals surface area contributed by atoms with Crippen LogP contribution in [0.25, 0.3) is 0 Å². The summed E-state index contributed by atoms with van der Waals surface area (Å²) >= 11 is 1.34. The van der Waals surface area contributed by atoms with Crippen molar-refractivity contribution in [3.63, 3.8) is 0 Å². The van der Waals surface area contributed by atoms with Gasteiger partial charge in [0.1, 0.15) is 5.69 Å². The molecular weight excluding hydrogens is 328 g/mol. The molecule has 1 heterocycles. The summed E-state index contributed by atoms with van der Waals surface area (Å²) < 4.78 is 4.85. The standard InChI is InChI=1S/C16H20N4O3S/c1-20(10-14(21)17-8-9-23-2)15(22)13-11-24-16(19-13)18-12-6-4-3-5-7-12/h3-7,11H,8-10H2,1-2H3,(H,17,21)(H,18,19). The Morgan fingerprint density at radius 1 is 1.29 bits per heavy atom. The third-order valence-corrected chi connectivity index (χ3v) is 3.86. The van der Waals surface area contributed by atoms with Crippen LogP contribution in [0.1, 0.15) is 10.5 Å². The second kappa shape index (κ2) is 8.99. The van der Waals surface area contributed by atoms with Gasteiger partial charge in [-0.1, -0.05) is 18.2 Å². The maximum Gasteiger partial charge on any atom is 0.273 e. The van der Waals surface area contributed by atoms with Gasteiger partial charge >= 0.3 is 0 Å². The van der Waals surface area contributed by atoms with E-state index in [9.17, 15) is 9.59 Å². The zero-order chi connectivity index (χ0) is 17.4. The molecule has 0 aliphatic carbocycles. The van der Waals surface area contributed by atoms with Crippen LogP contribution in [0.15, 0.2) is 35.7 Å². The Morgan fingerprint density at radius 2 is 2.04 bits per heavy atom. The van der Waals surface area contributed by atoms with Gasteiger partial charge in [-0.2, -0.15) is 0 Å². The molecule has 0 atom stereocenters. The van der Waals surface area contributed by atoms with Crippen molar-refractivity contribution in [3.8, 4) is 0 Å². The summed E-state index contributed by atoms with van der Waals surface area (Å²) in [4.78, 5) is 29.6. The van der Waals surface area contributed by atoms with Crippen LogP contribution in [0.4, 0.5) is 10.8 Å². The van der Waals surface area contributed by atoms with Crippen molar-refractivity contribution in [2.45, 2.75) is 0 Å². The number of aromatic nitrogens is 1. The van der Waals surface area contributed by atoms with Gasteiger partial charge in [0.2, 0.25) is 5.91 Å². The van der Waals surface area contributed by atoms with E-state index in [4.69, 9.17) is 4.74 Å². The highest BCUT2D eigenvalue weighted by Gasteiger charge is 2.17. The molecule has 0 unspecified atom stereocenters. The van der Waals surface area contributed by atoms with Gasteiger partial charge in [-0.25, -0.2) is 4.98 Å². The first-order chi connectivity index (χ1) is 11.6. The van der Waals surface area contributed by atoms with E-state index in [2.05, 4.69) is 15.6 Å². The lowest BCUT2D eigenvalue weighted by atomic mass is 10.3. The molecule has 0 aliphatic rings. The van der Waals surface area contributed by atoms with Gasteiger partial charge in [0.05, 0.1) is 13.2 Å². The van der Waals surface area contributed by atoms with Crippen LogP contribution < -0.4 is 10.6 Å². The minimum Gasteiger partial charge on any atom is -0.383 e. The highest BCUT2D eigenvalue weighted by atomic mass is 32.1. The quantitative estimate of drug-likeness (QED) is 0.710. The van der Waals surface area contributed by atoms with Crippen molar-refractivity contribution < 1.29 is 14.3 Å². The number of carbonyl (C=O) groups is 2. The van der Waals surface area contributed by atoms with E-state index in [1.54, 1.807) is 19.5 Å². The molecule has 0 fully saturated rings. The predicted molar refractivity (Wildman–Crippen MR) is 93.7 cm³/mol. The number of thiazole rings is 1. The van der Waals surface area contributed by atoms with E-state index in [0.29, 0.717) is 24.0 Å². The van der Waals surface area contributed by atoms with E-state index in [1.165, 1.54) is 16.2 Å². The molecule has 2 rings (SSSR count). The molecule has 2 aromatic rings. The maximum absolute atomic E-state index is 12.3. The number of nitrogens with zero attached hydrogens (tertiary/aromatic N) is 2. The number of nitrogens with one attached hydrogen (secondary N) is 2. The Hall–Kier alpha value is -2.45. The minimum atomic E-state index is -0.297. The molecule has 8 heteroatoms. The van der Waals surface area contributed by atoms with E-state index in [-0.39, 0.29) is 18.4 Å². The van der Waals surface area contributed by atoms with Gasteiger partial charge < -0.3 is 20.3 Å². The largest absolute Gasteiger partial charge is 0.383 e. The van der Waals surface area contributed by atoms with Gasteiger partial charge in [0.15, 0.2) is 5.13 Å². The van der Waals surface area contributed by atoms with Gasteiger partial charge in [-0.15, -0.1) is 11.3 Å².